The van der Waals surface area contributed by atoms with Gasteiger partial charge in [-0.15, -0.1) is 0 Å². The molecular weight excluding hydrogens is 332 g/mol. The van der Waals surface area contributed by atoms with Crippen LogP contribution >= 0.6 is 0 Å². The molecule has 0 aliphatic carbocycles. The Hall–Kier alpha value is -3.61. The summed E-state index contributed by atoms with van der Waals surface area (Å²) in [5.41, 5.74) is 2.12. The van der Waals surface area contributed by atoms with Crippen LogP contribution in [-0.2, 0) is 4.79 Å². The van der Waals surface area contributed by atoms with E-state index in [1.807, 2.05) is 30.3 Å². The van der Waals surface area contributed by atoms with E-state index in [1.54, 1.807) is 35.1 Å². The Morgan fingerprint density at radius 3 is 2.35 bits per heavy atom. The number of rotatable bonds is 5. The molecule has 26 heavy (non-hydrogen) atoms. The van der Waals surface area contributed by atoms with Gasteiger partial charge in [0, 0.05) is 18.3 Å². The number of ether oxygens (including phenoxy) is 1. The van der Waals surface area contributed by atoms with Crippen LogP contribution < -0.4 is 15.4 Å². The Labute approximate surface area is 150 Å². The second kappa shape index (κ2) is 7.52. The molecule has 7 heteroatoms. The average Bonchev–Trinajstić information content (AvgIpc) is 3.07. The predicted octanol–water partition coefficient (Wildman–Crippen LogP) is 3.09. The lowest BCUT2D eigenvalue weighted by Gasteiger charge is -2.07. The van der Waals surface area contributed by atoms with Crippen molar-refractivity contribution >= 4 is 23.2 Å². The molecule has 2 N–H and O–H groups in total. The van der Waals surface area contributed by atoms with E-state index in [-0.39, 0.29) is 11.6 Å². The Morgan fingerprint density at radius 1 is 1.00 bits per heavy atom. The largest absolute Gasteiger partial charge is 0.493 e. The summed E-state index contributed by atoms with van der Waals surface area (Å²) in [6.45, 7) is 1.42. The van der Waals surface area contributed by atoms with Crippen LogP contribution in [0.1, 0.15) is 17.4 Å². The van der Waals surface area contributed by atoms with Crippen molar-refractivity contribution in [3.8, 4) is 11.4 Å². The van der Waals surface area contributed by atoms with Crippen molar-refractivity contribution in [2.24, 2.45) is 0 Å². The molecule has 0 spiro atoms. The first-order valence-corrected chi connectivity index (χ1v) is 7.95. The van der Waals surface area contributed by atoms with E-state index in [2.05, 4.69) is 15.7 Å². The highest BCUT2D eigenvalue weighted by molar-refractivity contribution is 6.05. The molecule has 0 atom stereocenters. The summed E-state index contributed by atoms with van der Waals surface area (Å²) >= 11 is 0. The number of nitrogens with zero attached hydrogens (tertiary/aromatic N) is 2. The number of amides is 2. The van der Waals surface area contributed by atoms with E-state index in [4.69, 9.17) is 4.74 Å². The second-order valence-corrected chi connectivity index (χ2v) is 5.54. The summed E-state index contributed by atoms with van der Waals surface area (Å²) in [6.07, 6.45) is 1.65. The first kappa shape index (κ1) is 17.2. The van der Waals surface area contributed by atoms with Crippen LogP contribution in [0.5, 0.6) is 5.75 Å². The summed E-state index contributed by atoms with van der Waals surface area (Å²) in [6, 6.07) is 16.3. The third kappa shape index (κ3) is 3.89. The van der Waals surface area contributed by atoms with E-state index in [9.17, 15) is 9.59 Å². The third-order valence-electron chi connectivity index (χ3n) is 3.58. The Kier molecular flexibility index (Phi) is 4.98. The van der Waals surface area contributed by atoms with Crippen molar-refractivity contribution in [3.05, 3.63) is 66.5 Å². The fourth-order valence-corrected chi connectivity index (χ4v) is 2.45. The molecule has 1 aromatic heterocycles. The average molecular weight is 350 g/mol. The predicted molar refractivity (Wildman–Crippen MR) is 98.8 cm³/mol. The van der Waals surface area contributed by atoms with Crippen molar-refractivity contribution in [1.82, 2.24) is 9.78 Å². The third-order valence-corrected chi connectivity index (χ3v) is 3.58. The molecule has 0 bridgehead atoms. The summed E-state index contributed by atoms with van der Waals surface area (Å²) in [7, 11) is 1.49. The van der Waals surface area contributed by atoms with Gasteiger partial charge in [-0.2, -0.15) is 5.10 Å². The van der Waals surface area contributed by atoms with Gasteiger partial charge in [0.2, 0.25) is 5.91 Å². The van der Waals surface area contributed by atoms with Gasteiger partial charge in [-0.25, -0.2) is 4.68 Å². The maximum Gasteiger partial charge on any atom is 0.280 e. The number of aromatic nitrogens is 2. The molecule has 0 fully saturated rings. The van der Waals surface area contributed by atoms with E-state index < -0.39 is 5.91 Å². The lowest BCUT2D eigenvalue weighted by atomic mass is 10.2. The normalized spacial score (nSPS) is 10.2. The molecule has 3 rings (SSSR count). The van der Waals surface area contributed by atoms with Crippen LogP contribution in [0.2, 0.25) is 0 Å². The monoisotopic (exact) mass is 350 g/mol. The molecule has 0 radical (unpaired) electrons. The molecule has 0 aliphatic heterocycles. The number of carbonyl (C=O) groups excluding carboxylic acids is 2. The minimum Gasteiger partial charge on any atom is -0.493 e. The number of hydrogen-bond acceptors (Lipinski definition) is 4. The van der Waals surface area contributed by atoms with Gasteiger partial charge in [-0.05, 0) is 30.3 Å². The van der Waals surface area contributed by atoms with Crippen LogP contribution in [-0.4, -0.2) is 28.7 Å². The zero-order valence-electron chi connectivity index (χ0n) is 14.4. The molecule has 132 valence electrons. The maximum atomic E-state index is 12.6. The number of nitrogens with one attached hydrogen (secondary N) is 2. The highest BCUT2D eigenvalue weighted by atomic mass is 16.5. The van der Waals surface area contributed by atoms with Crippen LogP contribution in [0.3, 0.4) is 0 Å². The Bertz CT molecular complexity index is 935. The summed E-state index contributed by atoms with van der Waals surface area (Å²) < 4.78 is 6.87. The Balaban J connectivity index is 1.84. The van der Waals surface area contributed by atoms with Gasteiger partial charge in [0.05, 0.1) is 19.0 Å². The van der Waals surface area contributed by atoms with Crippen LogP contribution in [0, 0.1) is 0 Å². The van der Waals surface area contributed by atoms with Crippen molar-refractivity contribution in [1.29, 1.82) is 0 Å². The lowest BCUT2D eigenvalue weighted by Crippen LogP contribution is -2.14. The molecule has 3 aromatic rings. The molecule has 0 unspecified atom stereocenters. The minimum atomic E-state index is -0.406. The van der Waals surface area contributed by atoms with Gasteiger partial charge in [-0.3, -0.25) is 9.59 Å². The Morgan fingerprint density at radius 2 is 1.69 bits per heavy atom. The SMILES string of the molecule is COc1cn(-c2ccccc2)nc1C(=O)Nc1cccc(NC(C)=O)c1. The second-order valence-electron chi connectivity index (χ2n) is 5.54. The zero-order chi connectivity index (χ0) is 18.5. The van der Waals surface area contributed by atoms with Gasteiger partial charge in [0.1, 0.15) is 0 Å². The van der Waals surface area contributed by atoms with Gasteiger partial charge in [0.15, 0.2) is 11.4 Å². The fraction of sp³-hybridized carbons (Fsp3) is 0.105. The molecule has 1 heterocycles. The summed E-state index contributed by atoms with van der Waals surface area (Å²) in [4.78, 5) is 23.8. The van der Waals surface area contributed by atoms with Gasteiger partial charge < -0.3 is 15.4 Å². The lowest BCUT2D eigenvalue weighted by molar-refractivity contribution is -0.114. The molecule has 0 saturated carbocycles. The van der Waals surface area contributed by atoms with Crippen LogP contribution in [0.4, 0.5) is 11.4 Å². The summed E-state index contributed by atoms with van der Waals surface area (Å²) in [5, 5.41) is 9.77. The van der Waals surface area contributed by atoms with E-state index in [1.165, 1.54) is 14.0 Å². The molecule has 0 aliphatic rings. The van der Waals surface area contributed by atoms with Gasteiger partial charge >= 0.3 is 0 Å². The number of anilines is 2. The molecule has 0 saturated heterocycles. The van der Waals surface area contributed by atoms with Crippen molar-refractivity contribution in [2.45, 2.75) is 6.92 Å². The van der Waals surface area contributed by atoms with Crippen molar-refractivity contribution < 1.29 is 14.3 Å². The van der Waals surface area contributed by atoms with E-state index in [0.717, 1.165) is 5.69 Å². The highest BCUT2D eigenvalue weighted by Crippen LogP contribution is 2.22. The number of methoxy groups -OCH3 is 1. The van der Waals surface area contributed by atoms with Crippen molar-refractivity contribution in [2.75, 3.05) is 17.7 Å². The smallest absolute Gasteiger partial charge is 0.280 e. The standard InChI is InChI=1S/C19H18N4O3/c1-13(24)20-14-7-6-8-15(11-14)21-19(25)18-17(26-2)12-23(22-18)16-9-4-3-5-10-16/h3-12H,1-2H3,(H,20,24)(H,21,25). The van der Waals surface area contributed by atoms with Crippen LogP contribution in [0.15, 0.2) is 60.8 Å². The number of para-hydroxylation sites is 1. The fourth-order valence-electron chi connectivity index (χ4n) is 2.45. The molecule has 2 amide bonds. The quantitative estimate of drug-likeness (QED) is 0.740. The zero-order valence-corrected chi connectivity index (χ0v) is 14.4. The molecule has 2 aromatic carbocycles. The van der Waals surface area contributed by atoms with Gasteiger partial charge in [-0.1, -0.05) is 24.3 Å². The van der Waals surface area contributed by atoms with Crippen molar-refractivity contribution in [3.63, 3.8) is 0 Å². The first-order chi connectivity index (χ1) is 12.6. The summed E-state index contributed by atoms with van der Waals surface area (Å²) in [5.74, 6) is -0.224. The van der Waals surface area contributed by atoms with Crippen LogP contribution in [0.25, 0.3) is 5.69 Å². The maximum absolute atomic E-state index is 12.6. The number of benzene rings is 2. The number of hydrogen-bond donors (Lipinski definition) is 2. The topological polar surface area (TPSA) is 85.2 Å². The molecular formula is C19H18N4O3. The van der Waals surface area contributed by atoms with E-state index in [0.29, 0.717) is 17.1 Å². The minimum absolute atomic E-state index is 0.168. The molecule has 7 nitrogen and oxygen atoms in total. The first-order valence-electron chi connectivity index (χ1n) is 7.95. The number of carbonyl (C=O) groups is 2. The van der Waals surface area contributed by atoms with E-state index >= 15 is 0 Å². The van der Waals surface area contributed by atoms with Gasteiger partial charge in [0.25, 0.3) is 5.91 Å². The highest BCUT2D eigenvalue weighted by Gasteiger charge is 2.18.